The van der Waals surface area contributed by atoms with Gasteiger partial charge in [-0.3, -0.25) is 4.79 Å². The predicted octanol–water partition coefficient (Wildman–Crippen LogP) is 3.94. The smallest absolute Gasteiger partial charge is 0.186 e. The molecule has 0 unspecified atom stereocenters. The second-order valence-electron chi connectivity index (χ2n) is 7.03. The number of allylic oxidation sites excluding steroid dienone is 2. The maximum atomic E-state index is 12.7. The van der Waals surface area contributed by atoms with Crippen molar-refractivity contribution in [3.63, 3.8) is 0 Å². The molecule has 0 N–H and O–H groups in total. The minimum absolute atomic E-state index is 0.0931. The Morgan fingerprint density at radius 3 is 2.70 bits per heavy atom. The molecule has 4 rings (SSSR count). The van der Waals surface area contributed by atoms with E-state index in [2.05, 4.69) is 6.92 Å². The van der Waals surface area contributed by atoms with E-state index in [0.29, 0.717) is 0 Å². The second-order valence-corrected chi connectivity index (χ2v) is 7.03. The molecule has 1 saturated heterocycles. The van der Waals surface area contributed by atoms with E-state index in [9.17, 15) is 4.79 Å². The van der Waals surface area contributed by atoms with E-state index in [1.165, 1.54) is 5.57 Å². The minimum Gasteiger partial charge on any atom is -0.497 e. The zero-order valence-electron chi connectivity index (χ0n) is 13.7. The van der Waals surface area contributed by atoms with Gasteiger partial charge in [-0.1, -0.05) is 19.1 Å². The number of hydrogen-bond acceptors (Lipinski definition) is 3. The van der Waals surface area contributed by atoms with Gasteiger partial charge in [-0.25, -0.2) is 0 Å². The van der Waals surface area contributed by atoms with E-state index >= 15 is 0 Å². The average Bonchev–Trinajstić information content (AvgIpc) is 2.91. The quantitative estimate of drug-likeness (QED) is 0.830. The number of hydrogen-bond donors (Lipinski definition) is 0. The first-order chi connectivity index (χ1) is 11.1. The first-order valence-electron chi connectivity index (χ1n) is 8.35. The number of ketones is 1. The van der Waals surface area contributed by atoms with Crippen LogP contribution in [0.25, 0.3) is 5.57 Å². The molecule has 1 aromatic rings. The maximum absolute atomic E-state index is 12.7. The summed E-state index contributed by atoms with van der Waals surface area (Å²) < 4.78 is 11.5. The molecule has 0 aromatic heterocycles. The topological polar surface area (TPSA) is 35.5 Å². The van der Waals surface area contributed by atoms with E-state index in [-0.39, 0.29) is 16.8 Å². The van der Waals surface area contributed by atoms with Crippen LogP contribution in [0.2, 0.25) is 0 Å². The van der Waals surface area contributed by atoms with Crippen molar-refractivity contribution in [1.29, 1.82) is 0 Å². The fraction of sp³-hybridized carbons (Fsp3) is 0.450. The van der Waals surface area contributed by atoms with E-state index in [1.54, 1.807) is 13.2 Å². The number of methoxy groups -OCH3 is 1. The maximum Gasteiger partial charge on any atom is 0.186 e. The van der Waals surface area contributed by atoms with Gasteiger partial charge in [0.05, 0.1) is 7.11 Å². The third-order valence-electron chi connectivity index (χ3n) is 5.88. The molecule has 3 aliphatic rings. The van der Waals surface area contributed by atoms with Gasteiger partial charge in [0.15, 0.2) is 5.78 Å². The number of rotatable bonds is 2. The highest BCUT2D eigenvalue weighted by Gasteiger charge is 2.57. The highest BCUT2D eigenvalue weighted by Crippen LogP contribution is 2.58. The van der Waals surface area contributed by atoms with Crippen LogP contribution in [0.15, 0.2) is 42.0 Å². The van der Waals surface area contributed by atoms with Crippen LogP contribution in [-0.4, -0.2) is 25.1 Å². The molecular formula is C20H22O3. The van der Waals surface area contributed by atoms with Crippen LogP contribution in [0, 0.1) is 5.41 Å². The van der Waals surface area contributed by atoms with Gasteiger partial charge in [-0.2, -0.15) is 0 Å². The lowest BCUT2D eigenvalue weighted by atomic mass is 9.59. The normalized spacial score (nSPS) is 32.7. The number of carbonyl (C=O) groups excluding carboxylic acids is 1. The molecule has 1 saturated carbocycles. The molecule has 0 bridgehead atoms. The van der Waals surface area contributed by atoms with Crippen LogP contribution in [0.4, 0.5) is 0 Å². The van der Waals surface area contributed by atoms with Crippen molar-refractivity contribution in [1.82, 2.24) is 0 Å². The zero-order valence-corrected chi connectivity index (χ0v) is 13.7. The van der Waals surface area contributed by atoms with Crippen molar-refractivity contribution >= 4 is 11.4 Å². The van der Waals surface area contributed by atoms with Gasteiger partial charge in [0, 0.05) is 17.6 Å². The van der Waals surface area contributed by atoms with E-state index < -0.39 is 0 Å². The predicted molar refractivity (Wildman–Crippen MR) is 89.3 cm³/mol. The molecule has 0 amide bonds. The van der Waals surface area contributed by atoms with Crippen molar-refractivity contribution in [2.75, 3.05) is 13.7 Å². The Kier molecular flexibility index (Phi) is 3.24. The zero-order chi connectivity index (χ0) is 16.1. The van der Waals surface area contributed by atoms with Crippen molar-refractivity contribution in [3.8, 4) is 5.75 Å². The third-order valence-corrected chi connectivity index (χ3v) is 5.88. The summed E-state index contributed by atoms with van der Waals surface area (Å²) in [6.45, 7) is 3.08. The summed E-state index contributed by atoms with van der Waals surface area (Å²) in [5.74, 6) is 0.897. The second kappa shape index (κ2) is 5.07. The summed E-state index contributed by atoms with van der Waals surface area (Å²) in [5, 5.41) is 0. The standard InChI is InChI=1S/C20H22O3/c1-19-10-3-4-16-18(14-5-7-15(22-2)8-6-14)17(21)9-11-20(16,19)23-13-12-19/h5-9,11H,3-4,10,12-13H2,1-2H3/t19-,20-/m1/s1. The van der Waals surface area contributed by atoms with Gasteiger partial charge in [-0.15, -0.1) is 0 Å². The fourth-order valence-corrected chi connectivity index (χ4v) is 4.56. The van der Waals surface area contributed by atoms with Crippen molar-refractivity contribution in [3.05, 3.63) is 47.6 Å². The third kappa shape index (κ3) is 1.96. The summed E-state index contributed by atoms with van der Waals surface area (Å²) in [7, 11) is 1.65. The van der Waals surface area contributed by atoms with Gasteiger partial charge in [0.1, 0.15) is 11.4 Å². The SMILES string of the molecule is COc1ccc(C2=C3CCC[C@]4(C)CCO[C@]34C=CC2=O)cc1. The molecule has 2 atom stereocenters. The van der Waals surface area contributed by atoms with Gasteiger partial charge in [0.25, 0.3) is 0 Å². The molecule has 2 fully saturated rings. The lowest BCUT2D eigenvalue weighted by molar-refractivity contribution is -0.110. The Hall–Kier alpha value is -1.87. The first kappa shape index (κ1) is 14.7. The van der Waals surface area contributed by atoms with Crippen LogP contribution in [0.5, 0.6) is 5.75 Å². The Balaban J connectivity index is 1.89. The van der Waals surface area contributed by atoms with E-state index in [0.717, 1.165) is 49.2 Å². The summed E-state index contributed by atoms with van der Waals surface area (Å²) in [6.07, 6.45) is 8.03. The number of carbonyl (C=O) groups is 1. The summed E-state index contributed by atoms with van der Waals surface area (Å²) >= 11 is 0. The lowest BCUT2D eigenvalue weighted by Gasteiger charge is -2.48. The molecule has 23 heavy (non-hydrogen) atoms. The Labute approximate surface area is 137 Å². The molecule has 120 valence electrons. The van der Waals surface area contributed by atoms with E-state index in [4.69, 9.17) is 9.47 Å². The molecule has 1 aliphatic heterocycles. The van der Waals surface area contributed by atoms with Crippen LogP contribution in [0.1, 0.15) is 38.2 Å². The highest BCUT2D eigenvalue weighted by atomic mass is 16.5. The molecule has 0 radical (unpaired) electrons. The van der Waals surface area contributed by atoms with Crippen LogP contribution in [-0.2, 0) is 9.53 Å². The van der Waals surface area contributed by atoms with Crippen molar-refractivity contribution in [2.24, 2.45) is 5.41 Å². The molecule has 1 spiro atoms. The van der Waals surface area contributed by atoms with Gasteiger partial charge in [0.2, 0.25) is 0 Å². The Morgan fingerprint density at radius 1 is 1.17 bits per heavy atom. The van der Waals surface area contributed by atoms with Gasteiger partial charge in [-0.05, 0) is 61.1 Å². The minimum atomic E-state index is -0.381. The first-order valence-corrected chi connectivity index (χ1v) is 8.35. The monoisotopic (exact) mass is 310 g/mol. The Bertz CT molecular complexity index is 713. The van der Waals surface area contributed by atoms with Crippen LogP contribution in [0.3, 0.4) is 0 Å². The molecule has 1 aromatic carbocycles. The van der Waals surface area contributed by atoms with Crippen molar-refractivity contribution < 1.29 is 14.3 Å². The molecule has 2 aliphatic carbocycles. The summed E-state index contributed by atoms with van der Waals surface area (Å²) in [5.41, 5.74) is 2.71. The molecule has 1 heterocycles. The number of ether oxygens (including phenoxy) is 2. The highest BCUT2D eigenvalue weighted by molar-refractivity contribution is 6.28. The van der Waals surface area contributed by atoms with Gasteiger partial charge >= 0.3 is 0 Å². The largest absolute Gasteiger partial charge is 0.497 e. The molecular weight excluding hydrogens is 288 g/mol. The van der Waals surface area contributed by atoms with E-state index in [1.807, 2.05) is 30.3 Å². The molecule has 3 nitrogen and oxygen atoms in total. The average molecular weight is 310 g/mol. The summed E-state index contributed by atoms with van der Waals surface area (Å²) in [6, 6.07) is 7.79. The fourth-order valence-electron chi connectivity index (χ4n) is 4.56. The summed E-state index contributed by atoms with van der Waals surface area (Å²) in [4.78, 5) is 12.7. The lowest BCUT2D eigenvalue weighted by Crippen LogP contribution is -2.48. The van der Waals surface area contributed by atoms with Crippen LogP contribution < -0.4 is 4.74 Å². The number of benzene rings is 1. The van der Waals surface area contributed by atoms with Crippen LogP contribution >= 0.6 is 0 Å². The Morgan fingerprint density at radius 2 is 1.96 bits per heavy atom. The van der Waals surface area contributed by atoms with Gasteiger partial charge < -0.3 is 9.47 Å². The molecule has 3 heteroatoms. The van der Waals surface area contributed by atoms with Crippen molar-refractivity contribution in [2.45, 2.75) is 38.2 Å².